The van der Waals surface area contributed by atoms with Gasteiger partial charge in [-0.15, -0.1) is 0 Å². The lowest BCUT2D eigenvalue weighted by Gasteiger charge is -2.04. The van der Waals surface area contributed by atoms with Crippen molar-refractivity contribution in [1.29, 1.82) is 0 Å². The molecule has 0 spiro atoms. The van der Waals surface area contributed by atoms with Gasteiger partial charge in [0, 0.05) is 25.5 Å². The van der Waals surface area contributed by atoms with Crippen LogP contribution in [0.15, 0.2) is 18.6 Å². The third kappa shape index (κ3) is 5.10. The lowest BCUT2D eigenvalue weighted by Crippen LogP contribution is -2.25. The van der Waals surface area contributed by atoms with Gasteiger partial charge in [-0.1, -0.05) is 11.6 Å². The molecule has 0 atom stereocenters. The van der Waals surface area contributed by atoms with Crippen molar-refractivity contribution in [3.8, 4) is 0 Å². The van der Waals surface area contributed by atoms with Crippen LogP contribution in [0.2, 0.25) is 5.02 Å². The van der Waals surface area contributed by atoms with Crippen molar-refractivity contribution in [2.24, 2.45) is 0 Å². The van der Waals surface area contributed by atoms with Crippen LogP contribution < -0.4 is 5.32 Å². The van der Waals surface area contributed by atoms with Gasteiger partial charge in [-0.05, 0) is 13.3 Å². The maximum Gasteiger partial charge on any atom is 0.305 e. The van der Waals surface area contributed by atoms with E-state index in [2.05, 4.69) is 15.5 Å². The molecule has 2 N–H and O–H groups in total. The summed E-state index contributed by atoms with van der Waals surface area (Å²) in [7, 11) is 0. The number of aliphatic carboxylic acids is 1. The third-order valence-electron chi connectivity index (χ3n) is 3.19. The molecule has 2 heterocycles. The zero-order valence-electron chi connectivity index (χ0n) is 12.7. The minimum absolute atomic E-state index is 0.0331. The van der Waals surface area contributed by atoms with Gasteiger partial charge >= 0.3 is 5.97 Å². The Morgan fingerprint density at radius 2 is 2.09 bits per heavy atom. The number of hydrogen-bond acceptors (Lipinski definition) is 4. The third-order valence-corrected chi connectivity index (χ3v) is 3.56. The van der Waals surface area contributed by atoms with Gasteiger partial charge in [0.05, 0.1) is 35.4 Å². The second kappa shape index (κ2) is 7.77. The highest BCUT2D eigenvalue weighted by Crippen LogP contribution is 2.11. The fraction of sp³-hybridized carbons (Fsp3) is 0.429. The summed E-state index contributed by atoms with van der Waals surface area (Å²) in [5, 5.41) is 20.2. The molecular weight excluding hydrogens is 322 g/mol. The minimum Gasteiger partial charge on any atom is -0.481 e. The number of halogens is 1. The average molecular weight is 340 g/mol. The van der Waals surface area contributed by atoms with Gasteiger partial charge in [0.2, 0.25) is 0 Å². The van der Waals surface area contributed by atoms with Gasteiger partial charge in [0.25, 0.3) is 5.91 Å². The number of carbonyl (C=O) groups excluding carboxylic acids is 1. The van der Waals surface area contributed by atoms with E-state index in [0.29, 0.717) is 23.7 Å². The molecule has 0 saturated heterocycles. The Morgan fingerprint density at radius 1 is 1.30 bits per heavy atom. The molecule has 0 unspecified atom stereocenters. The normalized spacial score (nSPS) is 10.7. The highest BCUT2D eigenvalue weighted by Gasteiger charge is 2.09. The molecule has 0 bridgehead atoms. The predicted molar refractivity (Wildman–Crippen MR) is 83.4 cm³/mol. The molecule has 2 aromatic heterocycles. The smallest absolute Gasteiger partial charge is 0.305 e. The van der Waals surface area contributed by atoms with Gasteiger partial charge in [0.1, 0.15) is 0 Å². The molecule has 0 aliphatic carbocycles. The Labute approximate surface area is 138 Å². The van der Waals surface area contributed by atoms with E-state index >= 15 is 0 Å². The van der Waals surface area contributed by atoms with Crippen molar-refractivity contribution in [1.82, 2.24) is 24.9 Å². The largest absolute Gasteiger partial charge is 0.481 e. The monoisotopic (exact) mass is 339 g/mol. The molecule has 23 heavy (non-hydrogen) atoms. The number of carboxylic acids is 1. The van der Waals surface area contributed by atoms with Crippen molar-refractivity contribution in [2.75, 3.05) is 6.54 Å². The first-order valence-electron chi connectivity index (χ1n) is 7.17. The molecule has 0 aliphatic rings. The van der Waals surface area contributed by atoms with E-state index in [9.17, 15) is 9.59 Å². The maximum absolute atomic E-state index is 11.9. The number of nitrogens with zero attached hydrogens (tertiary/aromatic N) is 4. The molecule has 9 heteroatoms. The molecule has 0 saturated carbocycles. The first kappa shape index (κ1) is 17.0. The second-order valence-corrected chi connectivity index (χ2v) is 5.48. The number of carbonyl (C=O) groups is 2. The summed E-state index contributed by atoms with van der Waals surface area (Å²) in [5.74, 6) is -1.14. The Bertz CT molecular complexity index is 675. The van der Waals surface area contributed by atoms with E-state index in [0.717, 1.165) is 12.1 Å². The Balaban J connectivity index is 1.73. The maximum atomic E-state index is 11.9. The Morgan fingerprint density at radius 3 is 2.74 bits per heavy atom. The number of amides is 1. The van der Waals surface area contributed by atoms with Gasteiger partial charge in [-0.25, -0.2) is 0 Å². The standard InChI is InChI=1S/C14H18ClN5O3/c1-10-12(15)9-20(18-10)5-2-4-16-14(23)11-7-17-19(8-11)6-3-13(21)22/h7-9H,2-6H2,1H3,(H,16,23)(H,21,22). The topological polar surface area (TPSA) is 102 Å². The van der Waals surface area contributed by atoms with Crippen molar-refractivity contribution in [3.63, 3.8) is 0 Å². The van der Waals surface area contributed by atoms with Gasteiger partial charge in [-0.2, -0.15) is 10.2 Å². The summed E-state index contributed by atoms with van der Waals surface area (Å²) in [6, 6.07) is 0. The zero-order chi connectivity index (χ0) is 16.8. The number of aryl methyl sites for hydroxylation is 3. The highest BCUT2D eigenvalue weighted by atomic mass is 35.5. The summed E-state index contributed by atoms with van der Waals surface area (Å²) in [6.45, 7) is 3.23. The Kier molecular flexibility index (Phi) is 5.75. The first-order chi connectivity index (χ1) is 11.0. The lowest BCUT2D eigenvalue weighted by molar-refractivity contribution is -0.137. The van der Waals surface area contributed by atoms with Crippen molar-refractivity contribution >= 4 is 23.5 Å². The van der Waals surface area contributed by atoms with E-state index in [1.807, 2.05) is 6.92 Å². The number of hydrogen-bond donors (Lipinski definition) is 2. The van der Waals surface area contributed by atoms with Crippen LogP contribution in [0, 0.1) is 6.92 Å². The molecular formula is C14H18ClN5O3. The van der Waals surface area contributed by atoms with E-state index in [4.69, 9.17) is 16.7 Å². The number of rotatable bonds is 8. The Hall–Kier alpha value is -2.35. The van der Waals surface area contributed by atoms with Crippen LogP contribution in [0.3, 0.4) is 0 Å². The summed E-state index contributed by atoms with van der Waals surface area (Å²) in [4.78, 5) is 22.4. The zero-order valence-corrected chi connectivity index (χ0v) is 13.5. The van der Waals surface area contributed by atoms with E-state index < -0.39 is 5.97 Å². The summed E-state index contributed by atoms with van der Waals surface area (Å²) in [6.07, 6.45) is 5.40. The summed E-state index contributed by atoms with van der Waals surface area (Å²) >= 11 is 5.92. The van der Waals surface area contributed by atoms with E-state index in [1.165, 1.54) is 17.1 Å². The quantitative estimate of drug-likeness (QED) is 0.706. The highest BCUT2D eigenvalue weighted by molar-refractivity contribution is 6.31. The van der Waals surface area contributed by atoms with Crippen LogP contribution in [0.4, 0.5) is 0 Å². The fourth-order valence-corrected chi connectivity index (χ4v) is 2.12. The van der Waals surface area contributed by atoms with Crippen LogP contribution in [0.5, 0.6) is 0 Å². The second-order valence-electron chi connectivity index (χ2n) is 5.07. The molecule has 0 fully saturated rings. The van der Waals surface area contributed by atoms with Crippen LogP contribution in [0.1, 0.15) is 28.9 Å². The number of nitrogens with one attached hydrogen (secondary N) is 1. The SMILES string of the molecule is Cc1nn(CCCNC(=O)c2cnn(CCC(=O)O)c2)cc1Cl. The van der Waals surface area contributed by atoms with Gasteiger partial charge in [0.15, 0.2) is 0 Å². The van der Waals surface area contributed by atoms with Crippen LogP contribution in [0.25, 0.3) is 0 Å². The summed E-state index contributed by atoms with van der Waals surface area (Å²) in [5.41, 5.74) is 1.19. The average Bonchev–Trinajstić information content (AvgIpc) is 3.09. The van der Waals surface area contributed by atoms with Crippen LogP contribution in [-0.2, 0) is 17.9 Å². The molecule has 8 nitrogen and oxygen atoms in total. The minimum atomic E-state index is -0.902. The van der Waals surface area contributed by atoms with Crippen molar-refractivity contribution < 1.29 is 14.7 Å². The molecule has 2 rings (SSSR count). The van der Waals surface area contributed by atoms with Crippen molar-refractivity contribution in [2.45, 2.75) is 32.9 Å². The lowest BCUT2D eigenvalue weighted by atomic mass is 10.3. The van der Waals surface area contributed by atoms with E-state index in [1.54, 1.807) is 10.9 Å². The van der Waals surface area contributed by atoms with Gasteiger partial charge in [-0.3, -0.25) is 19.0 Å². The summed E-state index contributed by atoms with van der Waals surface area (Å²) < 4.78 is 3.19. The van der Waals surface area contributed by atoms with Crippen molar-refractivity contribution in [3.05, 3.63) is 34.9 Å². The molecule has 1 amide bonds. The molecule has 2 aromatic rings. The fourth-order valence-electron chi connectivity index (χ4n) is 1.97. The van der Waals surface area contributed by atoms with Crippen LogP contribution in [-0.4, -0.2) is 43.1 Å². The van der Waals surface area contributed by atoms with E-state index in [-0.39, 0.29) is 18.9 Å². The molecule has 0 radical (unpaired) electrons. The van der Waals surface area contributed by atoms with Crippen LogP contribution >= 0.6 is 11.6 Å². The number of aromatic nitrogens is 4. The number of carboxylic acid groups (broad SMARTS) is 1. The molecule has 0 aliphatic heterocycles. The van der Waals surface area contributed by atoms with Gasteiger partial charge < -0.3 is 10.4 Å². The molecule has 0 aromatic carbocycles. The first-order valence-corrected chi connectivity index (χ1v) is 7.55. The molecule has 124 valence electrons. The predicted octanol–water partition coefficient (Wildman–Crippen LogP) is 1.34.